The first kappa shape index (κ1) is 18.2. The van der Waals surface area contributed by atoms with E-state index in [1.165, 1.54) is 12.3 Å². The Morgan fingerprint density at radius 3 is 2.72 bits per heavy atom. The third-order valence-corrected chi connectivity index (χ3v) is 3.04. The molecule has 0 radical (unpaired) electrons. The SMILES string of the molecule is COc1cc(/C=N/NC(=O)c2cc(C)[nH]c(=O)n2)ccc1OC(C)C. The molecule has 132 valence electrons. The Hall–Kier alpha value is -3.16. The van der Waals surface area contributed by atoms with Gasteiger partial charge in [0, 0.05) is 5.69 Å². The van der Waals surface area contributed by atoms with Crippen LogP contribution in [0.15, 0.2) is 34.2 Å². The number of hydrazone groups is 1. The molecule has 8 nitrogen and oxygen atoms in total. The Labute approximate surface area is 144 Å². The zero-order valence-corrected chi connectivity index (χ0v) is 14.5. The maximum absolute atomic E-state index is 12.0. The summed E-state index contributed by atoms with van der Waals surface area (Å²) in [5.74, 6) is 0.620. The molecule has 0 aliphatic rings. The van der Waals surface area contributed by atoms with E-state index >= 15 is 0 Å². The highest BCUT2D eigenvalue weighted by molar-refractivity contribution is 5.93. The van der Waals surface area contributed by atoms with Crippen molar-refractivity contribution in [2.45, 2.75) is 26.9 Å². The van der Waals surface area contributed by atoms with E-state index in [1.807, 2.05) is 13.8 Å². The highest BCUT2D eigenvalue weighted by Crippen LogP contribution is 2.28. The van der Waals surface area contributed by atoms with Crippen LogP contribution in [-0.4, -0.2) is 35.3 Å². The average molecular weight is 344 g/mol. The zero-order valence-electron chi connectivity index (χ0n) is 14.5. The lowest BCUT2D eigenvalue weighted by molar-refractivity contribution is 0.0949. The van der Waals surface area contributed by atoms with Gasteiger partial charge in [-0.2, -0.15) is 10.1 Å². The van der Waals surface area contributed by atoms with Gasteiger partial charge in [0.2, 0.25) is 0 Å². The van der Waals surface area contributed by atoms with Gasteiger partial charge < -0.3 is 14.5 Å². The predicted molar refractivity (Wildman–Crippen MR) is 93.4 cm³/mol. The number of aromatic nitrogens is 2. The number of ether oxygens (including phenoxy) is 2. The lowest BCUT2D eigenvalue weighted by Crippen LogP contribution is -2.24. The minimum atomic E-state index is -0.584. The topological polar surface area (TPSA) is 106 Å². The average Bonchev–Trinajstić information content (AvgIpc) is 2.54. The number of carbonyl (C=O) groups excluding carboxylic acids is 1. The summed E-state index contributed by atoms with van der Waals surface area (Å²) in [5.41, 5.74) is 3.00. The molecule has 25 heavy (non-hydrogen) atoms. The largest absolute Gasteiger partial charge is 0.493 e. The summed E-state index contributed by atoms with van der Waals surface area (Å²) < 4.78 is 10.9. The quantitative estimate of drug-likeness (QED) is 0.612. The van der Waals surface area contributed by atoms with Crippen LogP contribution in [0.3, 0.4) is 0 Å². The number of carbonyl (C=O) groups is 1. The highest BCUT2D eigenvalue weighted by atomic mass is 16.5. The Kier molecular flexibility index (Phi) is 5.89. The maximum Gasteiger partial charge on any atom is 0.345 e. The van der Waals surface area contributed by atoms with Gasteiger partial charge in [0.1, 0.15) is 5.69 Å². The summed E-state index contributed by atoms with van der Waals surface area (Å²) in [6, 6.07) is 6.76. The van der Waals surface area contributed by atoms with Gasteiger partial charge >= 0.3 is 5.69 Å². The molecule has 2 aromatic rings. The van der Waals surface area contributed by atoms with Crippen LogP contribution in [0, 0.1) is 6.92 Å². The van der Waals surface area contributed by atoms with Crippen molar-refractivity contribution in [3.05, 3.63) is 51.7 Å². The first-order chi connectivity index (χ1) is 11.9. The molecule has 0 saturated carbocycles. The fraction of sp³-hybridized carbons (Fsp3) is 0.294. The number of rotatable bonds is 6. The number of aromatic amines is 1. The van der Waals surface area contributed by atoms with Crippen molar-refractivity contribution >= 4 is 12.1 Å². The number of hydrogen-bond donors (Lipinski definition) is 2. The first-order valence-electron chi connectivity index (χ1n) is 7.65. The maximum atomic E-state index is 12.0. The summed E-state index contributed by atoms with van der Waals surface area (Å²) >= 11 is 0. The fourth-order valence-corrected chi connectivity index (χ4v) is 2.03. The molecule has 0 aliphatic carbocycles. The van der Waals surface area contributed by atoms with E-state index in [-0.39, 0.29) is 11.8 Å². The molecule has 0 unspecified atom stereocenters. The first-order valence-corrected chi connectivity index (χ1v) is 7.65. The van der Waals surface area contributed by atoms with Crippen molar-refractivity contribution < 1.29 is 14.3 Å². The van der Waals surface area contributed by atoms with Crippen LogP contribution in [-0.2, 0) is 0 Å². The lowest BCUT2D eigenvalue weighted by Gasteiger charge is -2.13. The van der Waals surface area contributed by atoms with Crippen molar-refractivity contribution in [2.24, 2.45) is 5.10 Å². The molecule has 2 N–H and O–H groups in total. The van der Waals surface area contributed by atoms with Crippen LogP contribution < -0.4 is 20.6 Å². The third kappa shape index (κ3) is 5.17. The van der Waals surface area contributed by atoms with E-state index in [0.29, 0.717) is 22.8 Å². The van der Waals surface area contributed by atoms with Crippen LogP contribution in [0.5, 0.6) is 11.5 Å². The van der Waals surface area contributed by atoms with E-state index < -0.39 is 11.6 Å². The van der Waals surface area contributed by atoms with Gasteiger partial charge in [-0.15, -0.1) is 0 Å². The van der Waals surface area contributed by atoms with Crippen LogP contribution in [0.1, 0.15) is 35.6 Å². The number of hydrogen-bond acceptors (Lipinski definition) is 6. The number of nitrogens with zero attached hydrogens (tertiary/aromatic N) is 2. The molecule has 0 aliphatic heterocycles. The standard InChI is InChI=1S/C17H20N4O4/c1-10(2)25-14-6-5-12(8-15(14)24-4)9-18-21-16(22)13-7-11(3)19-17(23)20-13/h5-10H,1-4H3,(H,21,22)(H,19,20,23)/b18-9+. The zero-order chi connectivity index (χ0) is 18.4. The molecule has 0 spiro atoms. The molecule has 1 heterocycles. The Balaban J connectivity index is 2.08. The van der Waals surface area contributed by atoms with Crippen LogP contribution in [0.4, 0.5) is 0 Å². The van der Waals surface area contributed by atoms with Crippen LogP contribution in [0.2, 0.25) is 0 Å². The normalized spacial score (nSPS) is 10.9. The van der Waals surface area contributed by atoms with Gasteiger partial charge in [-0.25, -0.2) is 10.2 Å². The number of nitrogens with one attached hydrogen (secondary N) is 2. The van der Waals surface area contributed by atoms with Crippen molar-refractivity contribution in [1.29, 1.82) is 0 Å². The number of amides is 1. The second kappa shape index (κ2) is 8.09. The highest BCUT2D eigenvalue weighted by Gasteiger charge is 2.09. The van der Waals surface area contributed by atoms with Gasteiger partial charge in [0.15, 0.2) is 11.5 Å². The van der Waals surface area contributed by atoms with E-state index in [4.69, 9.17) is 9.47 Å². The summed E-state index contributed by atoms with van der Waals surface area (Å²) in [6.45, 7) is 5.51. The Morgan fingerprint density at radius 1 is 1.32 bits per heavy atom. The minimum Gasteiger partial charge on any atom is -0.493 e. The summed E-state index contributed by atoms with van der Waals surface area (Å²) in [7, 11) is 1.55. The predicted octanol–water partition coefficient (Wildman–Crippen LogP) is 1.64. The lowest BCUT2D eigenvalue weighted by atomic mass is 10.2. The van der Waals surface area contributed by atoms with Crippen molar-refractivity contribution in [3.63, 3.8) is 0 Å². The van der Waals surface area contributed by atoms with Gasteiger partial charge in [-0.05, 0) is 50.6 Å². The molecule has 0 saturated heterocycles. The second-order valence-corrected chi connectivity index (χ2v) is 5.53. The molecule has 2 rings (SSSR count). The molecule has 0 bridgehead atoms. The summed E-state index contributed by atoms with van der Waals surface area (Å²) in [5, 5.41) is 3.87. The van der Waals surface area contributed by atoms with E-state index in [1.54, 1.807) is 32.2 Å². The van der Waals surface area contributed by atoms with Gasteiger partial charge in [0.05, 0.1) is 19.4 Å². The summed E-state index contributed by atoms with van der Waals surface area (Å²) in [6.07, 6.45) is 1.48. The van der Waals surface area contributed by atoms with Gasteiger partial charge in [-0.1, -0.05) is 0 Å². The van der Waals surface area contributed by atoms with Crippen LogP contribution in [0.25, 0.3) is 0 Å². The third-order valence-electron chi connectivity index (χ3n) is 3.04. The van der Waals surface area contributed by atoms with Crippen molar-refractivity contribution in [1.82, 2.24) is 15.4 Å². The molecule has 1 aromatic carbocycles. The number of methoxy groups -OCH3 is 1. The molecule has 1 amide bonds. The molecule has 1 aromatic heterocycles. The Bertz CT molecular complexity index is 843. The number of aryl methyl sites for hydroxylation is 1. The molecule has 0 fully saturated rings. The van der Waals surface area contributed by atoms with Crippen molar-refractivity contribution in [2.75, 3.05) is 7.11 Å². The molecule has 8 heteroatoms. The fourth-order valence-electron chi connectivity index (χ4n) is 2.03. The second-order valence-electron chi connectivity index (χ2n) is 5.53. The monoisotopic (exact) mass is 344 g/mol. The van der Waals surface area contributed by atoms with E-state index in [2.05, 4.69) is 20.5 Å². The Morgan fingerprint density at radius 2 is 2.08 bits per heavy atom. The molecular weight excluding hydrogens is 324 g/mol. The van der Waals surface area contributed by atoms with Gasteiger partial charge in [0.25, 0.3) is 5.91 Å². The van der Waals surface area contributed by atoms with Crippen molar-refractivity contribution in [3.8, 4) is 11.5 Å². The molecule has 0 atom stereocenters. The van der Waals surface area contributed by atoms with E-state index in [9.17, 15) is 9.59 Å². The van der Waals surface area contributed by atoms with Crippen LogP contribution >= 0.6 is 0 Å². The smallest absolute Gasteiger partial charge is 0.345 e. The molecular formula is C17H20N4O4. The minimum absolute atomic E-state index is 0.00309. The number of H-pyrrole nitrogens is 1. The number of benzene rings is 1. The summed E-state index contributed by atoms with van der Waals surface area (Å²) in [4.78, 5) is 29.3. The van der Waals surface area contributed by atoms with Gasteiger partial charge in [-0.3, -0.25) is 4.79 Å². The van der Waals surface area contributed by atoms with E-state index in [0.717, 1.165) is 0 Å².